The standard InChI is InChI=1S/C32H42ClN5O7SSi/c1-20-27-26(36(30(20)31(39)44-7)17-12-18-45-47(8,9)32(3,4)5)16-15-22(33)29(27)28-21(2)35(6)34-23(28)19-37(46(42)43)24-13-10-11-14-25(24)38(40)41/h10-11,13-16H,12,17-19H2,1-9H3,(H,42,43)/p-1. The van der Waals surface area contributed by atoms with Crippen molar-refractivity contribution in [1.29, 1.82) is 0 Å². The Kier molecular flexibility index (Phi) is 10.7. The molecule has 0 spiro atoms. The largest absolute Gasteiger partial charge is 0.755 e. The summed E-state index contributed by atoms with van der Waals surface area (Å²) in [6.07, 6.45) is 0.648. The first-order valence-electron chi connectivity index (χ1n) is 15.1. The Morgan fingerprint density at radius 3 is 2.40 bits per heavy atom. The average molecular weight is 703 g/mol. The third-order valence-electron chi connectivity index (χ3n) is 9.07. The second-order valence-corrected chi connectivity index (χ2v) is 19.0. The Bertz CT molecular complexity index is 1860. The molecule has 0 amide bonds. The van der Waals surface area contributed by atoms with Gasteiger partial charge in [-0.25, -0.2) is 4.79 Å². The van der Waals surface area contributed by atoms with E-state index in [1.54, 1.807) is 17.8 Å². The minimum Gasteiger partial charge on any atom is -0.755 e. The second-order valence-electron chi connectivity index (χ2n) is 12.9. The first kappa shape index (κ1) is 36.3. The number of nitrogens with zero attached hydrogens (tertiary/aromatic N) is 5. The van der Waals surface area contributed by atoms with Gasteiger partial charge in [0.1, 0.15) is 11.4 Å². The van der Waals surface area contributed by atoms with E-state index in [9.17, 15) is 23.7 Å². The molecule has 15 heteroatoms. The van der Waals surface area contributed by atoms with Crippen LogP contribution in [0.5, 0.6) is 0 Å². The number of methoxy groups -OCH3 is 1. The molecule has 1 atom stereocenters. The van der Waals surface area contributed by atoms with Crippen LogP contribution in [0.25, 0.3) is 22.0 Å². The summed E-state index contributed by atoms with van der Waals surface area (Å²) in [6, 6.07) is 9.21. The van der Waals surface area contributed by atoms with Crippen LogP contribution < -0.4 is 4.31 Å². The molecule has 0 saturated heterocycles. The highest BCUT2D eigenvalue weighted by molar-refractivity contribution is 7.80. The molecular formula is C32H41ClN5O7SSi-. The zero-order valence-electron chi connectivity index (χ0n) is 28.2. The van der Waals surface area contributed by atoms with Gasteiger partial charge in [0, 0.05) is 70.3 Å². The van der Waals surface area contributed by atoms with Crippen LogP contribution in [0.3, 0.4) is 0 Å². The molecule has 2 aromatic heterocycles. The molecule has 1 unspecified atom stereocenters. The third kappa shape index (κ3) is 7.02. The zero-order valence-corrected chi connectivity index (χ0v) is 30.7. The van der Waals surface area contributed by atoms with E-state index < -0.39 is 30.5 Å². The van der Waals surface area contributed by atoms with Gasteiger partial charge in [-0.3, -0.25) is 23.3 Å². The van der Waals surface area contributed by atoms with E-state index in [4.69, 9.17) is 20.8 Å². The van der Waals surface area contributed by atoms with Gasteiger partial charge in [0.15, 0.2) is 8.32 Å². The number of carbonyl (C=O) groups excluding carboxylic acids is 1. The van der Waals surface area contributed by atoms with Gasteiger partial charge in [-0.1, -0.05) is 44.5 Å². The SMILES string of the molecule is COC(=O)c1c(C)c2c(-c3c(CN(c4ccccc4[N+](=O)[O-])S(=O)[O-])nn(C)c3C)c(Cl)ccc2n1CCCO[Si](C)(C)C(C)(C)C. The van der Waals surface area contributed by atoms with Crippen molar-refractivity contribution in [3.05, 3.63) is 74.2 Å². The second kappa shape index (κ2) is 13.9. The number of aromatic nitrogens is 3. The number of esters is 1. The molecule has 47 heavy (non-hydrogen) atoms. The van der Waals surface area contributed by atoms with Gasteiger partial charge in [0.25, 0.3) is 5.69 Å². The lowest BCUT2D eigenvalue weighted by atomic mass is 9.96. The minimum atomic E-state index is -2.88. The Hall–Kier alpha value is -3.56. The average Bonchev–Trinajstić information content (AvgIpc) is 3.44. The van der Waals surface area contributed by atoms with Gasteiger partial charge in [-0.05, 0) is 62.2 Å². The number of anilines is 1. The molecule has 12 nitrogen and oxygen atoms in total. The lowest BCUT2D eigenvalue weighted by molar-refractivity contribution is -0.384. The molecule has 0 bridgehead atoms. The monoisotopic (exact) mass is 702 g/mol. The highest BCUT2D eigenvalue weighted by Crippen LogP contribution is 2.43. The number of fused-ring (bicyclic) bond motifs is 1. The molecule has 2 aromatic carbocycles. The normalized spacial score (nSPS) is 12.8. The van der Waals surface area contributed by atoms with Gasteiger partial charge in [0.2, 0.25) is 0 Å². The van der Waals surface area contributed by atoms with Crippen LogP contribution in [0, 0.1) is 24.0 Å². The fourth-order valence-electron chi connectivity index (χ4n) is 5.51. The first-order chi connectivity index (χ1) is 21.9. The van der Waals surface area contributed by atoms with E-state index in [0.717, 1.165) is 9.82 Å². The minimum absolute atomic E-state index is 0.0611. The highest BCUT2D eigenvalue weighted by atomic mass is 35.5. The molecule has 0 saturated carbocycles. The fourth-order valence-corrected chi connectivity index (χ4v) is 7.39. The third-order valence-corrected chi connectivity index (χ3v) is 14.6. The van der Waals surface area contributed by atoms with Crippen LogP contribution in [0.4, 0.5) is 11.4 Å². The van der Waals surface area contributed by atoms with Crippen LogP contribution in [0.2, 0.25) is 23.2 Å². The maximum absolute atomic E-state index is 13.2. The first-order valence-corrected chi connectivity index (χ1v) is 19.4. The predicted octanol–water partition coefficient (Wildman–Crippen LogP) is 7.22. The smallest absolute Gasteiger partial charge is 0.354 e. The van der Waals surface area contributed by atoms with E-state index in [1.165, 1.54) is 31.4 Å². The van der Waals surface area contributed by atoms with Crippen LogP contribution in [-0.2, 0) is 40.6 Å². The summed E-state index contributed by atoms with van der Waals surface area (Å²) in [7, 11) is 1.08. The summed E-state index contributed by atoms with van der Waals surface area (Å²) >= 11 is 4.06. The molecule has 0 aliphatic carbocycles. The summed E-state index contributed by atoms with van der Waals surface area (Å²) in [4.78, 5) is 24.4. The molecule has 4 rings (SSSR count). The summed E-state index contributed by atoms with van der Waals surface area (Å²) < 4.78 is 41.1. The number of carbonyl (C=O) groups is 1. The zero-order chi connectivity index (χ0) is 35.0. The highest BCUT2D eigenvalue weighted by Gasteiger charge is 2.37. The van der Waals surface area contributed by atoms with Crippen molar-refractivity contribution in [1.82, 2.24) is 14.3 Å². The number of hydrogen-bond donors (Lipinski definition) is 0. The van der Waals surface area contributed by atoms with E-state index in [1.807, 2.05) is 24.5 Å². The predicted molar refractivity (Wildman–Crippen MR) is 186 cm³/mol. The van der Waals surface area contributed by atoms with Crippen molar-refractivity contribution in [2.75, 3.05) is 18.0 Å². The number of para-hydroxylation sites is 2. The quantitative estimate of drug-likeness (QED) is 0.0376. The van der Waals surface area contributed by atoms with Gasteiger partial charge in [-0.2, -0.15) is 5.10 Å². The molecule has 0 aliphatic heterocycles. The van der Waals surface area contributed by atoms with Crippen molar-refractivity contribution >= 4 is 59.4 Å². The number of nitro groups is 1. The number of rotatable bonds is 12. The Labute approximate surface area is 283 Å². The molecule has 4 aromatic rings. The van der Waals surface area contributed by atoms with Crippen molar-refractivity contribution in [3.63, 3.8) is 0 Å². The Balaban J connectivity index is 1.87. The summed E-state index contributed by atoms with van der Waals surface area (Å²) in [5, 5.41) is 17.5. The number of benzene rings is 2. The number of ether oxygens (including phenoxy) is 1. The van der Waals surface area contributed by atoms with Crippen LogP contribution in [0.1, 0.15) is 54.6 Å². The van der Waals surface area contributed by atoms with E-state index in [-0.39, 0.29) is 23.0 Å². The molecular weight excluding hydrogens is 662 g/mol. The molecule has 0 radical (unpaired) electrons. The summed E-state index contributed by atoms with van der Waals surface area (Å²) in [5.41, 5.74) is 3.46. The van der Waals surface area contributed by atoms with Gasteiger partial charge < -0.3 is 18.3 Å². The molecule has 0 fully saturated rings. The topological polar surface area (TPSA) is 145 Å². The van der Waals surface area contributed by atoms with E-state index >= 15 is 0 Å². The Morgan fingerprint density at radius 1 is 1.15 bits per heavy atom. The number of halogens is 1. The van der Waals surface area contributed by atoms with Crippen LogP contribution in [0.15, 0.2) is 36.4 Å². The Morgan fingerprint density at radius 2 is 1.81 bits per heavy atom. The number of hydrogen-bond acceptors (Lipinski definition) is 8. The lowest BCUT2D eigenvalue weighted by Gasteiger charge is -2.36. The molecule has 254 valence electrons. The van der Waals surface area contributed by atoms with E-state index in [2.05, 4.69) is 39.0 Å². The molecule has 0 N–H and O–H groups in total. The number of nitro benzene ring substituents is 1. The van der Waals surface area contributed by atoms with Crippen LogP contribution >= 0.6 is 11.6 Å². The van der Waals surface area contributed by atoms with Gasteiger partial charge in [-0.15, -0.1) is 0 Å². The van der Waals surface area contributed by atoms with Crippen molar-refractivity contribution in [3.8, 4) is 11.1 Å². The van der Waals surface area contributed by atoms with Crippen molar-refractivity contribution < 1.29 is 27.6 Å². The number of aryl methyl sites for hydroxylation is 3. The lowest BCUT2D eigenvalue weighted by Crippen LogP contribution is -2.41. The van der Waals surface area contributed by atoms with E-state index in [0.29, 0.717) is 63.8 Å². The van der Waals surface area contributed by atoms with Gasteiger partial charge in [0.05, 0.1) is 24.3 Å². The summed E-state index contributed by atoms with van der Waals surface area (Å²) in [6.45, 7) is 15.3. The molecule has 2 heterocycles. The maximum Gasteiger partial charge on any atom is 0.354 e. The van der Waals surface area contributed by atoms with Crippen molar-refractivity contribution in [2.45, 2.75) is 72.3 Å². The maximum atomic E-state index is 13.2. The van der Waals surface area contributed by atoms with Crippen molar-refractivity contribution in [2.24, 2.45) is 7.05 Å². The molecule has 0 aliphatic rings. The van der Waals surface area contributed by atoms with Gasteiger partial charge >= 0.3 is 5.97 Å². The summed E-state index contributed by atoms with van der Waals surface area (Å²) in [5.74, 6) is -0.501. The van der Waals surface area contributed by atoms with Crippen LogP contribution in [-0.4, -0.2) is 56.0 Å². The fraction of sp³-hybridized carbons (Fsp3) is 0.438.